The summed E-state index contributed by atoms with van der Waals surface area (Å²) in [5, 5.41) is 3.05. The first-order valence-corrected chi connectivity index (χ1v) is 3.07. The normalized spacial score (nSPS) is 9.11. The van der Waals surface area contributed by atoms with Crippen LogP contribution in [0.5, 0.6) is 0 Å². The van der Waals surface area contributed by atoms with Gasteiger partial charge in [0.1, 0.15) is 0 Å². The molecule has 0 aliphatic carbocycles. The van der Waals surface area contributed by atoms with Crippen LogP contribution in [-0.4, -0.2) is 7.05 Å². The highest BCUT2D eigenvalue weighted by Crippen LogP contribution is 2.06. The fraction of sp³-hybridized carbons (Fsp3) is 0.250. The Bertz CT molecular complexity index is 181. The first-order valence-electron chi connectivity index (χ1n) is 3.07. The Labute approximate surface area is 57.2 Å². The number of hydrogen-bond acceptors (Lipinski definition) is 1. The van der Waals surface area contributed by atoms with Crippen LogP contribution in [0.4, 0.5) is 5.69 Å². The van der Waals surface area contributed by atoms with Gasteiger partial charge in [-0.1, -0.05) is 17.7 Å². The summed E-state index contributed by atoms with van der Waals surface area (Å²) in [5.41, 5.74) is 2.47. The molecule has 0 spiro atoms. The fourth-order valence-corrected chi connectivity index (χ4v) is 0.720. The van der Waals surface area contributed by atoms with Gasteiger partial charge in [-0.2, -0.15) is 0 Å². The fourth-order valence-electron chi connectivity index (χ4n) is 0.720. The maximum Gasteiger partial charge on any atom is 0.0337 e. The van der Waals surface area contributed by atoms with E-state index in [1.807, 2.05) is 7.05 Å². The van der Waals surface area contributed by atoms with E-state index in [4.69, 9.17) is 0 Å². The molecule has 1 aromatic carbocycles. The zero-order valence-corrected chi connectivity index (χ0v) is 5.81. The molecule has 0 amide bonds. The van der Waals surface area contributed by atoms with Crippen LogP contribution >= 0.6 is 0 Å². The molecular weight excluding hydrogens is 110 g/mol. The molecule has 0 saturated heterocycles. The van der Waals surface area contributed by atoms with E-state index in [1.54, 1.807) is 0 Å². The third-order valence-corrected chi connectivity index (χ3v) is 1.34. The molecule has 1 rings (SSSR count). The predicted molar refractivity (Wildman–Crippen MR) is 42.8 cm³/mol. The molecule has 0 bridgehead atoms. The third-order valence-electron chi connectivity index (χ3n) is 1.34. The van der Waals surface area contributed by atoms with Crippen LogP contribution in [0.2, 0.25) is 0 Å². The van der Waals surface area contributed by atoms with Gasteiger partial charge in [-0.3, -0.25) is 0 Å². The molecule has 0 heterocycles. The zero-order valence-electron chi connectivity index (χ0n) is 5.81. The number of rotatable bonds is 1. The Hall–Kier alpha value is -0.980. The Morgan fingerprint density at radius 2 is 1.78 bits per heavy atom. The molecule has 9 heavy (non-hydrogen) atoms. The lowest BCUT2D eigenvalue weighted by Gasteiger charge is -1.97. The highest BCUT2D eigenvalue weighted by Gasteiger charge is 1.83. The van der Waals surface area contributed by atoms with Crippen molar-refractivity contribution in [3.8, 4) is 0 Å². The van der Waals surface area contributed by atoms with Gasteiger partial charge in [-0.25, -0.2) is 0 Å². The van der Waals surface area contributed by atoms with Crippen LogP contribution in [-0.2, 0) is 0 Å². The lowest BCUT2D eigenvalue weighted by molar-refractivity contribution is 1.44. The van der Waals surface area contributed by atoms with E-state index in [-0.39, 0.29) is 1.43 Å². The monoisotopic (exact) mass is 123 g/mol. The van der Waals surface area contributed by atoms with Crippen LogP contribution in [0.15, 0.2) is 24.3 Å². The van der Waals surface area contributed by atoms with Crippen molar-refractivity contribution in [2.24, 2.45) is 0 Å². The Balaban J connectivity index is 0.000000810. The lowest BCUT2D eigenvalue weighted by Crippen LogP contribution is -1.85. The maximum atomic E-state index is 3.05. The van der Waals surface area contributed by atoms with Crippen LogP contribution in [0.1, 0.15) is 6.99 Å². The van der Waals surface area contributed by atoms with Crippen LogP contribution in [0.3, 0.4) is 0 Å². The van der Waals surface area contributed by atoms with E-state index in [2.05, 4.69) is 36.5 Å². The molecule has 1 nitrogen and oxygen atoms in total. The van der Waals surface area contributed by atoms with E-state index >= 15 is 0 Å². The molecule has 0 fully saturated rings. The molecule has 1 heteroatoms. The molecule has 1 aromatic rings. The summed E-state index contributed by atoms with van der Waals surface area (Å²) in [6, 6.07) is 8.31. The van der Waals surface area contributed by atoms with Crippen LogP contribution in [0.25, 0.3) is 0 Å². The second-order valence-electron chi connectivity index (χ2n) is 2.12. The lowest BCUT2D eigenvalue weighted by atomic mass is 10.2. The Morgan fingerprint density at radius 3 is 2.22 bits per heavy atom. The Morgan fingerprint density at radius 1 is 1.22 bits per heavy atom. The second-order valence-corrected chi connectivity index (χ2v) is 2.12. The smallest absolute Gasteiger partial charge is 0.0337 e. The predicted octanol–water partition coefficient (Wildman–Crippen LogP) is 2.28. The first-order chi connectivity index (χ1) is 4.33. The molecule has 0 aliphatic rings. The highest BCUT2D eigenvalue weighted by atomic mass is 14.8. The van der Waals surface area contributed by atoms with E-state index in [0.717, 1.165) is 0 Å². The minimum Gasteiger partial charge on any atom is -0.388 e. The minimum atomic E-state index is 0. The van der Waals surface area contributed by atoms with Crippen LogP contribution < -0.4 is 5.32 Å². The summed E-state index contributed by atoms with van der Waals surface area (Å²) >= 11 is 0. The van der Waals surface area contributed by atoms with Gasteiger partial charge in [-0.05, 0) is 19.1 Å². The summed E-state index contributed by atoms with van der Waals surface area (Å²) in [5.74, 6) is 0. The summed E-state index contributed by atoms with van der Waals surface area (Å²) in [6.45, 7) is 2.08. The molecule has 50 valence electrons. The largest absolute Gasteiger partial charge is 0.388 e. The molecular formula is C8H13N. The van der Waals surface area contributed by atoms with Crippen molar-refractivity contribution in [3.63, 3.8) is 0 Å². The maximum absolute atomic E-state index is 3.05. The number of benzene rings is 1. The van der Waals surface area contributed by atoms with Crippen molar-refractivity contribution in [2.75, 3.05) is 12.4 Å². The average molecular weight is 123 g/mol. The highest BCUT2D eigenvalue weighted by molar-refractivity contribution is 5.43. The van der Waals surface area contributed by atoms with E-state index in [9.17, 15) is 0 Å². The number of anilines is 1. The van der Waals surface area contributed by atoms with Gasteiger partial charge in [0.2, 0.25) is 0 Å². The van der Waals surface area contributed by atoms with Gasteiger partial charge in [0, 0.05) is 14.2 Å². The summed E-state index contributed by atoms with van der Waals surface area (Å²) in [4.78, 5) is 0. The molecule has 0 saturated carbocycles. The summed E-state index contributed by atoms with van der Waals surface area (Å²) in [7, 11) is 1.92. The van der Waals surface area contributed by atoms with Gasteiger partial charge in [0.15, 0.2) is 0 Å². The number of nitrogens with one attached hydrogen (secondary N) is 1. The quantitative estimate of drug-likeness (QED) is 0.604. The first kappa shape index (κ1) is 6.14. The van der Waals surface area contributed by atoms with Gasteiger partial charge < -0.3 is 5.32 Å². The van der Waals surface area contributed by atoms with Gasteiger partial charge in [0.05, 0.1) is 0 Å². The van der Waals surface area contributed by atoms with Crippen LogP contribution in [0, 0.1) is 6.92 Å². The second kappa shape index (κ2) is 2.53. The van der Waals surface area contributed by atoms with E-state index in [0.29, 0.717) is 0 Å². The molecule has 0 aromatic heterocycles. The van der Waals surface area contributed by atoms with Crippen molar-refractivity contribution in [1.82, 2.24) is 0 Å². The van der Waals surface area contributed by atoms with E-state index < -0.39 is 0 Å². The minimum absolute atomic E-state index is 0. The topological polar surface area (TPSA) is 12.0 Å². The zero-order chi connectivity index (χ0) is 6.69. The Kier molecular flexibility index (Phi) is 1.73. The molecule has 0 aliphatic heterocycles. The molecule has 0 unspecified atom stereocenters. The van der Waals surface area contributed by atoms with Crippen molar-refractivity contribution in [1.29, 1.82) is 0 Å². The SMILES string of the molecule is CNc1ccc(C)cc1.[HH]. The van der Waals surface area contributed by atoms with Crippen molar-refractivity contribution < 1.29 is 1.43 Å². The van der Waals surface area contributed by atoms with Crippen molar-refractivity contribution in [3.05, 3.63) is 29.8 Å². The van der Waals surface area contributed by atoms with Gasteiger partial charge in [-0.15, -0.1) is 0 Å². The summed E-state index contributed by atoms with van der Waals surface area (Å²) in [6.07, 6.45) is 0. The molecule has 1 N–H and O–H groups in total. The number of aryl methyl sites for hydroxylation is 1. The summed E-state index contributed by atoms with van der Waals surface area (Å²) < 4.78 is 0. The molecule has 0 radical (unpaired) electrons. The van der Waals surface area contributed by atoms with E-state index in [1.165, 1.54) is 11.3 Å². The number of hydrogen-bond donors (Lipinski definition) is 1. The van der Waals surface area contributed by atoms with Gasteiger partial charge in [0.25, 0.3) is 0 Å². The van der Waals surface area contributed by atoms with Gasteiger partial charge >= 0.3 is 0 Å². The standard InChI is InChI=1S/C8H11N.H2/c1-7-3-5-8(9-2)6-4-7;/h3-6,9H,1-2H3;1H. The van der Waals surface area contributed by atoms with Crippen molar-refractivity contribution in [2.45, 2.75) is 6.92 Å². The van der Waals surface area contributed by atoms with Crippen molar-refractivity contribution >= 4 is 5.69 Å². The third kappa shape index (κ3) is 1.46. The molecule has 0 atom stereocenters. The average Bonchev–Trinajstić information content (AvgIpc) is 1.90.